The van der Waals surface area contributed by atoms with E-state index in [0.717, 1.165) is 24.8 Å². The summed E-state index contributed by atoms with van der Waals surface area (Å²) in [5, 5.41) is 8.05. The third-order valence-corrected chi connectivity index (χ3v) is 3.31. The number of carbonyl (C=O) groups is 1. The molecule has 2 aromatic rings. The Kier molecular flexibility index (Phi) is 2.81. The molecule has 1 atom stereocenters. The molecule has 0 amide bonds. The minimum atomic E-state index is -0.388. The Balaban J connectivity index is 1.98. The second-order valence-electron chi connectivity index (χ2n) is 4.76. The molecule has 3 heterocycles. The summed E-state index contributed by atoms with van der Waals surface area (Å²) < 4.78 is 7.90. The van der Waals surface area contributed by atoms with Gasteiger partial charge in [-0.15, -0.1) is 0 Å². The van der Waals surface area contributed by atoms with Crippen LogP contribution in [0.4, 0.5) is 0 Å². The largest absolute Gasteiger partial charge is 0.359 e. The number of rotatable bonds is 3. The van der Waals surface area contributed by atoms with Crippen molar-refractivity contribution in [3.63, 3.8) is 0 Å². The van der Waals surface area contributed by atoms with Crippen molar-refractivity contribution in [2.45, 2.75) is 38.8 Å². The quantitative estimate of drug-likeness (QED) is 0.751. The van der Waals surface area contributed by atoms with Crippen molar-refractivity contribution < 1.29 is 9.32 Å². The molecule has 0 aromatic carbocycles. The molecule has 7 nitrogen and oxygen atoms in total. The van der Waals surface area contributed by atoms with Gasteiger partial charge in [-0.25, -0.2) is 9.48 Å². The summed E-state index contributed by atoms with van der Waals surface area (Å²) in [4.78, 5) is 23.3. The maximum atomic E-state index is 12.2. The van der Waals surface area contributed by atoms with Gasteiger partial charge in [-0.05, 0) is 19.8 Å². The lowest BCUT2D eigenvalue weighted by atomic mass is 10.1. The maximum Gasteiger partial charge on any atom is 0.347 e. The monoisotopic (exact) mass is 262 g/mol. The van der Waals surface area contributed by atoms with Crippen LogP contribution in [0.1, 0.15) is 36.2 Å². The van der Waals surface area contributed by atoms with Gasteiger partial charge in [0.05, 0.1) is 11.7 Å². The highest BCUT2D eigenvalue weighted by atomic mass is 16.5. The van der Waals surface area contributed by atoms with Crippen LogP contribution < -0.4 is 5.69 Å². The van der Waals surface area contributed by atoms with Crippen LogP contribution in [0, 0.1) is 6.92 Å². The van der Waals surface area contributed by atoms with Crippen LogP contribution in [-0.2, 0) is 17.8 Å². The first-order chi connectivity index (χ1) is 9.19. The number of aryl methyl sites for hydroxylation is 2. The molecule has 0 N–H and O–H groups in total. The lowest BCUT2D eigenvalue weighted by molar-refractivity contribution is -0.111. The fraction of sp³-hybridized carbons (Fsp3) is 0.500. The predicted octanol–water partition coefficient (Wildman–Crippen LogP) is 0.466. The van der Waals surface area contributed by atoms with Crippen molar-refractivity contribution in [3.8, 4) is 0 Å². The smallest absolute Gasteiger partial charge is 0.347 e. The number of hydrogen-bond acceptors (Lipinski definition) is 5. The molecule has 19 heavy (non-hydrogen) atoms. The first-order valence-electron chi connectivity index (χ1n) is 6.25. The summed E-state index contributed by atoms with van der Waals surface area (Å²) in [5.41, 5.74) is 0.499. The van der Waals surface area contributed by atoms with Crippen LogP contribution in [0.25, 0.3) is 0 Å². The highest BCUT2D eigenvalue weighted by molar-refractivity contribution is 5.56. The van der Waals surface area contributed by atoms with Crippen molar-refractivity contribution in [1.29, 1.82) is 0 Å². The van der Waals surface area contributed by atoms with Gasteiger partial charge in [-0.1, -0.05) is 5.16 Å². The number of nitrogens with zero attached hydrogens (tertiary/aromatic N) is 4. The summed E-state index contributed by atoms with van der Waals surface area (Å²) in [5.74, 6) is 1.25. The Labute approximate surface area is 108 Å². The first-order valence-corrected chi connectivity index (χ1v) is 6.25. The zero-order chi connectivity index (χ0) is 13.4. The summed E-state index contributed by atoms with van der Waals surface area (Å²) in [6.07, 6.45) is 3.11. The average Bonchev–Trinajstić information content (AvgIpc) is 2.95. The van der Waals surface area contributed by atoms with E-state index in [4.69, 9.17) is 4.52 Å². The van der Waals surface area contributed by atoms with Crippen LogP contribution in [0.2, 0.25) is 0 Å². The van der Waals surface area contributed by atoms with Gasteiger partial charge in [0.2, 0.25) is 0 Å². The van der Waals surface area contributed by atoms with Crippen molar-refractivity contribution >= 4 is 6.29 Å². The van der Waals surface area contributed by atoms with Crippen LogP contribution in [0.15, 0.2) is 15.4 Å². The van der Waals surface area contributed by atoms with Crippen molar-refractivity contribution in [1.82, 2.24) is 19.5 Å². The lowest BCUT2D eigenvalue weighted by Crippen LogP contribution is -2.31. The molecule has 1 aliphatic heterocycles. The molecular weight excluding hydrogens is 248 g/mol. The van der Waals surface area contributed by atoms with Gasteiger partial charge >= 0.3 is 5.69 Å². The molecule has 1 unspecified atom stereocenters. The second-order valence-corrected chi connectivity index (χ2v) is 4.76. The summed E-state index contributed by atoms with van der Waals surface area (Å²) in [6.45, 7) is 2.06. The Morgan fingerprint density at radius 2 is 2.42 bits per heavy atom. The van der Waals surface area contributed by atoms with Crippen LogP contribution in [0.3, 0.4) is 0 Å². The molecule has 1 aliphatic rings. The second kappa shape index (κ2) is 4.49. The molecule has 0 bridgehead atoms. The van der Waals surface area contributed by atoms with Crippen molar-refractivity contribution in [2.75, 3.05) is 0 Å². The van der Waals surface area contributed by atoms with Gasteiger partial charge in [-0.3, -0.25) is 4.57 Å². The standard InChI is InChI=1S/C12H14N4O3/c1-8-5-10(19-14-8)6-15-12(18)16-9(7-17)3-2-4-11(16)13-15/h5,7,9H,2-4,6H2,1H3. The fourth-order valence-corrected chi connectivity index (χ4v) is 2.44. The zero-order valence-electron chi connectivity index (χ0n) is 10.6. The van der Waals surface area contributed by atoms with Crippen molar-refractivity contribution in [3.05, 3.63) is 33.8 Å². The maximum absolute atomic E-state index is 12.2. The molecule has 3 rings (SSSR count). The van der Waals surface area contributed by atoms with Gasteiger partial charge in [0.25, 0.3) is 0 Å². The van der Waals surface area contributed by atoms with E-state index >= 15 is 0 Å². The van der Waals surface area contributed by atoms with E-state index in [9.17, 15) is 9.59 Å². The summed E-state index contributed by atoms with van der Waals surface area (Å²) in [6, 6.07) is 1.38. The van der Waals surface area contributed by atoms with E-state index in [1.807, 2.05) is 6.92 Å². The van der Waals surface area contributed by atoms with E-state index in [-0.39, 0.29) is 18.3 Å². The highest BCUT2D eigenvalue weighted by Gasteiger charge is 2.25. The van der Waals surface area contributed by atoms with Crippen LogP contribution in [0.5, 0.6) is 0 Å². The lowest BCUT2D eigenvalue weighted by Gasteiger charge is -2.17. The Hall–Kier alpha value is -2.18. The topological polar surface area (TPSA) is 82.9 Å². The molecule has 0 spiro atoms. The Morgan fingerprint density at radius 3 is 3.11 bits per heavy atom. The first kappa shape index (κ1) is 11.9. The van der Waals surface area contributed by atoms with Crippen molar-refractivity contribution in [2.24, 2.45) is 0 Å². The van der Waals surface area contributed by atoms with Gasteiger partial charge in [0.15, 0.2) is 5.76 Å². The number of aldehydes is 1. The Bertz CT molecular complexity index is 667. The van der Waals surface area contributed by atoms with E-state index in [1.165, 1.54) is 9.25 Å². The van der Waals surface area contributed by atoms with Gasteiger partial charge in [0.1, 0.15) is 18.7 Å². The van der Waals surface area contributed by atoms with Crippen LogP contribution >= 0.6 is 0 Å². The van der Waals surface area contributed by atoms with E-state index in [2.05, 4.69) is 10.3 Å². The summed E-state index contributed by atoms with van der Waals surface area (Å²) >= 11 is 0. The van der Waals surface area contributed by atoms with Crippen LogP contribution in [-0.4, -0.2) is 25.8 Å². The molecule has 0 saturated heterocycles. The number of fused-ring (bicyclic) bond motifs is 1. The Morgan fingerprint density at radius 1 is 1.58 bits per heavy atom. The predicted molar refractivity (Wildman–Crippen MR) is 64.9 cm³/mol. The van der Waals surface area contributed by atoms with Gasteiger partial charge in [0, 0.05) is 12.5 Å². The van der Waals surface area contributed by atoms with E-state index < -0.39 is 0 Å². The molecule has 0 saturated carbocycles. The van der Waals surface area contributed by atoms with E-state index in [0.29, 0.717) is 18.0 Å². The molecule has 0 aliphatic carbocycles. The molecule has 0 fully saturated rings. The molecule has 2 aromatic heterocycles. The zero-order valence-corrected chi connectivity index (χ0v) is 10.6. The minimum Gasteiger partial charge on any atom is -0.359 e. The molecule has 7 heteroatoms. The van der Waals surface area contributed by atoms with E-state index in [1.54, 1.807) is 6.07 Å². The number of hydrogen-bond donors (Lipinski definition) is 0. The third kappa shape index (κ3) is 2.00. The number of carbonyl (C=O) groups excluding carboxylic acids is 1. The number of aromatic nitrogens is 4. The average molecular weight is 262 g/mol. The minimum absolute atomic E-state index is 0.241. The molecular formula is C12H14N4O3. The normalized spacial score (nSPS) is 18.3. The molecule has 0 radical (unpaired) electrons. The highest BCUT2D eigenvalue weighted by Crippen LogP contribution is 2.19. The third-order valence-electron chi connectivity index (χ3n) is 3.31. The summed E-state index contributed by atoms with van der Waals surface area (Å²) in [7, 11) is 0. The fourth-order valence-electron chi connectivity index (χ4n) is 2.44. The van der Waals surface area contributed by atoms with Gasteiger partial charge in [-0.2, -0.15) is 5.10 Å². The van der Waals surface area contributed by atoms with Gasteiger partial charge < -0.3 is 9.32 Å². The molecule has 100 valence electrons. The SMILES string of the molecule is Cc1cc(Cn2nc3n(c2=O)C(C=O)CCC3)on1.